The third-order valence-corrected chi connectivity index (χ3v) is 3.72. The van der Waals surface area contributed by atoms with Crippen LogP contribution < -0.4 is 0 Å². The van der Waals surface area contributed by atoms with E-state index in [2.05, 4.69) is 13.0 Å². The fraction of sp³-hybridized carbons (Fsp3) is 0.909. The van der Waals surface area contributed by atoms with Crippen molar-refractivity contribution in [1.29, 1.82) is 5.26 Å². The van der Waals surface area contributed by atoms with Crippen molar-refractivity contribution in [3.8, 4) is 6.07 Å². The summed E-state index contributed by atoms with van der Waals surface area (Å²) >= 11 is 0. The molecule has 0 aromatic heterocycles. The monoisotopic (exact) mass is 195 g/mol. The van der Waals surface area contributed by atoms with E-state index in [9.17, 15) is 10.4 Å². The Balaban J connectivity index is 2.16. The van der Waals surface area contributed by atoms with Crippen LogP contribution in [0.25, 0.3) is 0 Å². The van der Waals surface area contributed by atoms with Gasteiger partial charge in [0.25, 0.3) is 0 Å². The number of ether oxygens (including phenoxy) is 1. The molecule has 1 aliphatic heterocycles. The summed E-state index contributed by atoms with van der Waals surface area (Å²) in [6.07, 6.45) is 3.19. The Kier molecular flexibility index (Phi) is 2.29. The third-order valence-electron chi connectivity index (χ3n) is 3.72. The zero-order valence-electron chi connectivity index (χ0n) is 8.62. The fourth-order valence-corrected chi connectivity index (χ4v) is 2.84. The van der Waals surface area contributed by atoms with Crippen LogP contribution in [-0.2, 0) is 4.74 Å². The number of rotatable bonds is 1. The van der Waals surface area contributed by atoms with E-state index < -0.39 is 11.0 Å². The number of nitriles is 1. The lowest BCUT2D eigenvalue weighted by Crippen LogP contribution is -2.59. The zero-order valence-corrected chi connectivity index (χ0v) is 8.62. The second kappa shape index (κ2) is 3.22. The minimum Gasteiger partial charge on any atom is -0.388 e. The lowest BCUT2D eigenvalue weighted by atomic mass is 9.56. The highest BCUT2D eigenvalue weighted by Gasteiger charge is 2.57. The van der Waals surface area contributed by atoms with Crippen LogP contribution >= 0.6 is 0 Å². The highest BCUT2D eigenvalue weighted by molar-refractivity contribution is 5.16. The van der Waals surface area contributed by atoms with Gasteiger partial charge in [0.2, 0.25) is 0 Å². The van der Waals surface area contributed by atoms with E-state index in [0.29, 0.717) is 12.5 Å². The lowest BCUT2D eigenvalue weighted by Gasteiger charge is -2.53. The zero-order chi connectivity index (χ0) is 10.2. The Labute approximate surface area is 84.7 Å². The molecule has 1 saturated heterocycles. The molecule has 1 N–H and O–H groups in total. The van der Waals surface area contributed by atoms with Crippen LogP contribution in [0.5, 0.6) is 0 Å². The molecule has 2 aliphatic rings. The molecular formula is C11H17NO2. The number of nitrogens with zero attached hydrogens (tertiary/aromatic N) is 1. The van der Waals surface area contributed by atoms with Crippen molar-refractivity contribution in [2.45, 2.75) is 38.2 Å². The van der Waals surface area contributed by atoms with Crippen LogP contribution in [-0.4, -0.2) is 23.9 Å². The molecule has 0 amide bonds. The summed E-state index contributed by atoms with van der Waals surface area (Å²) in [5, 5.41) is 19.6. The van der Waals surface area contributed by atoms with Crippen molar-refractivity contribution >= 4 is 0 Å². The molecular weight excluding hydrogens is 178 g/mol. The van der Waals surface area contributed by atoms with Gasteiger partial charge in [-0.3, -0.25) is 0 Å². The largest absolute Gasteiger partial charge is 0.388 e. The highest BCUT2D eigenvalue weighted by atomic mass is 16.5. The van der Waals surface area contributed by atoms with Gasteiger partial charge in [-0.05, 0) is 31.6 Å². The molecule has 1 heterocycles. The average molecular weight is 195 g/mol. The molecule has 0 aromatic carbocycles. The van der Waals surface area contributed by atoms with E-state index in [4.69, 9.17) is 4.74 Å². The average Bonchev–Trinajstić information content (AvgIpc) is 2.16. The topological polar surface area (TPSA) is 53.2 Å². The molecule has 0 aromatic rings. The molecule has 0 spiro atoms. The van der Waals surface area contributed by atoms with Crippen molar-refractivity contribution in [3.63, 3.8) is 0 Å². The van der Waals surface area contributed by atoms with Gasteiger partial charge in [0, 0.05) is 6.61 Å². The van der Waals surface area contributed by atoms with Crippen molar-refractivity contribution in [2.24, 2.45) is 11.3 Å². The minimum absolute atomic E-state index is 0.409. The van der Waals surface area contributed by atoms with E-state index in [1.54, 1.807) is 0 Å². The maximum absolute atomic E-state index is 10.4. The molecule has 3 heteroatoms. The first-order valence-electron chi connectivity index (χ1n) is 5.33. The Bertz CT molecular complexity index is 257. The number of hydrogen-bond donors (Lipinski definition) is 1. The Hall–Kier alpha value is -0.590. The Morgan fingerprint density at radius 2 is 2.21 bits per heavy atom. The smallest absolute Gasteiger partial charge is 0.109 e. The van der Waals surface area contributed by atoms with Crippen LogP contribution in [0.4, 0.5) is 0 Å². The van der Waals surface area contributed by atoms with Crippen molar-refractivity contribution in [2.75, 3.05) is 13.2 Å². The Morgan fingerprint density at radius 1 is 1.50 bits per heavy atom. The third kappa shape index (κ3) is 1.25. The van der Waals surface area contributed by atoms with Gasteiger partial charge in [-0.15, -0.1) is 0 Å². The minimum atomic E-state index is -0.776. The van der Waals surface area contributed by atoms with Gasteiger partial charge in [0.15, 0.2) is 0 Å². The summed E-state index contributed by atoms with van der Waals surface area (Å²) in [4.78, 5) is 0. The Morgan fingerprint density at radius 3 is 2.64 bits per heavy atom. The molecule has 3 nitrogen and oxygen atoms in total. The van der Waals surface area contributed by atoms with Crippen LogP contribution in [0, 0.1) is 22.7 Å². The van der Waals surface area contributed by atoms with Crippen LogP contribution in [0.1, 0.15) is 32.6 Å². The summed E-state index contributed by atoms with van der Waals surface area (Å²) in [6.45, 7) is 3.25. The van der Waals surface area contributed by atoms with Gasteiger partial charge in [-0.2, -0.15) is 5.26 Å². The van der Waals surface area contributed by atoms with Gasteiger partial charge >= 0.3 is 0 Å². The molecule has 2 rings (SSSR count). The molecule has 1 atom stereocenters. The molecule has 1 unspecified atom stereocenters. The molecule has 14 heavy (non-hydrogen) atoms. The van der Waals surface area contributed by atoms with Crippen LogP contribution in [0.3, 0.4) is 0 Å². The van der Waals surface area contributed by atoms with Gasteiger partial charge in [0.1, 0.15) is 5.41 Å². The van der Waals surface area contributed by atoms with E-state index >= 15 is 0 Å². The summed E-state index contributed by atoms with van der Waals surface area (Å²) in [5.41, 5.74) is -1.40. The molecule has 1 saturated carbocycles. The van der Waals surface area contributed by atoms with E-state index in [1.807, 2.05) is 0 Å². The van der Waals surface area contributed by atoms with Crippen molar-refractivity contribution in [1.82, 2.24) is 0 Å². The van der Waals surface area contributed by atoms with Crippen LogP contribution in [0.15, 0.2) is 0 Å². The van der Waals surface area contributed by atoms with Gasteiger partial charge in [0.05, 0.1) is 18.3 Å². The standard InChI is InChI=1S/C11H17NO2/c1-9-5-11(13,6-9)10(7-12)3-2-4-14-8-10/h9,13H,2-6,8H2,1H3. The van der Waals surface area contributed by atoms with E-state index in [-0.39, 0.29) is 0 Å². The maximum Gasteiger partial charge on any atom is 0.109 e. The second-order valence-corrected chi connectivity index (χ2v) is 4.90. The normalized spacial score (nSPS) is 47.9. The number of aliphatic hydroxyl groups is 1. The predicted octanol–water partition coefficient (Wildman–Crippen LogP) is 1.47. The van der Waals surface area contributed by atoms with Gasteiger partial charge in [-0.25, -0.2) is 0 Å². The summed E-state index contributed by atoms with van der Waals surface area (Å²) in [5.74, 6) is 0.548. The summed E-state index contributed by atoms with van der Waals surface area (Å²) in [7, 11) is 0. The van der Waals surface area contributed by atoms with E-state index in [1.165, 1.54) is 0 Å². The number of hydrogen-bond acceptors (Lipinski definition) is 3. The first kappa shape index (κ1) is 9.95. The molecule has 78 valence electrons. The van der Waals surface area contributed by atoms with Gasteiger partial charge < -0.3 is 9.84 Å². The van der Waals surface area contributed by atoms with Crippen molar-refractivity contribution < 1.29 is 9.84 Å². The van der Waals surface area contributed by atoms with E-state index in [0.717, 1.165) is 32.3 Å². The fourth-order valence-electron chi connectivity index (χ4n) is 2.84. The molecule has 1 aliphatic carbocycles. The summed E-state index contributed by atoms with van der Waals surface area (Å²) in [6, 6.07) is 2.31. The lowest BCUT2D eigenvalue weighted by molar-refractivity contribution is -0.178. The predicted molar refractivity (Wildman–Crippen MR) is 51.4 cm³/mol. The first-order chi connectivity index (χ1) is 6.62. The highest BCUT2D eigenvalue weighted by Crippen LogP contribution is 2.52. The molecule has 0 bridgehead atoms. The van der Waals surface area contributed by atoms with Gasteiger partial charge in [-0.1, -0.05) is 6.92 Å². The second-order valence-electron chi connectivity index (χ2n) is 4.90. The molecule has 0 radical (unpaired) electrons. The molecule has 2 fully saturated rings. The SMILES string of the molecule is CC1CC(O)(C2(C#N)CCCOC2)C1. The quantitative estimate of drug-likeness (QED) is 0.689. The van der Waals surface area contributed by atoms with Crippen LogP contribution in [0.2, 0.25) is 0 Å². The summed E-state index contributed by atoms with van der Waals surface area (Å²) < 4.78 is 5.35. The maximum atomic E-state index is 10.4. The van der Waals surface area contributed by atoms with Crippen molar-refractivity contribution in [3.05, 3.63) is 0 Å². The first-order valence-corrected chi connectivity index (χ1v) is 5.33.